The van der Waals surface area contributed by atoms with Crippen LogP contribution in [0.1, 0.15) is 31.2 Å². The van der Waals surface area contributed by atoms with Crippen molar-refractivity contribution >= 4 is 5.91 Å². The SMILES string of the molecule is COc1ccccc1CN(C(=O)C1(CN)CC1)C1CC1. The second-order valence-corrected chi connectivity index (χ2v) is 5.96. The quantitative estimate of drug-likeness (QED) is 0.862. The van der Waals surface area contributed by atoms with E-state index in [1.807, 2.05) is 29.2 Å². The van der Waals surface area contributed by atoms with E-state index in [-0.39, 0.29) is 11.3 Å². The first-order chi connectivity index (χ1) is 9.70. The molecule has 2 saturated carbocycles. The fraction of sp³-hybridized carbons (Fsp3) is 0.562. The Morgan fingerprint density at radius 2 is 2.10 bits per heavy atom. The maximum absolute atomic E-state index is 12.7. The fourth-order valence-electron chi connectivity index (χ4n) is 2.73. The number of hydrogen-bond donors (Lipinski definition) is 1. The smallest absolute Gasteiger partial charge is 0.230 e. The van der Waals surface area contributed by atoms with Gasteiger partial charge in [-0.1, -0.05) is 18.2 Å². The minimum absolute atomic E-state index is 0.244. The molecule has 108 valence electrons. The van der Waals surface area contributed by atoms with Crippen molar-refractivity contribution in [1.29, 1.82) is 0 Å². The molecule has 0 unspecified atom stereocenters. The normalized spacial score (nSPS) is 19.5. The maximum Gasteiger partial charge on any atom is 0.230 e. The lowest BCUT2D eigenvalue weighted by Gasteiger charge is -2.27. The number of carbonyl (C=O) groups excluding carboxylic acids is 1. The molecule has 0 bridgehead atoms. The van der Waals surface area contributed by atoms with Crippen molar-refractivity contribution in [1.82, 2.24) is 4.90 Å². The highest BCUT2D eigenvalue weighted by atomic mass is 16.5. The third-order valence-electron chi connectivity index (χ3n) is 4.48. The second-order valence-electron chi connectivity index (χ2n) is 5.96. The van der Waals surface area contributed by atoms with Crippen LogP contribution in [0.5, 0.6) is 5.75 Å². The zero-order chi connectivity index (χ0) is 14.2. The number of nitrogens with two attached hydrogens (primary N) is 1. The Kier molecular flexibility index (Phi) is 3.42. The fourth-order valence-corrected chi connectivity index (χ4v) is 2.73. The first kappa shape index (κ1) is 13.4. The number of amides is 1. The molecule has 1 aromatic carbocycles. The van der Waals surface area contributed by atoms with Gasteiger partial charge in [0.2, 0.25) is 5.91 Å². The summed E-state index contributed by atoms with van der Waals surface area (Å²) in [6.45, 7) is 1.11. The number of ether oxygens (including phenoxy) is 1. The molecule has 20 heavy (non-hydrogen) atoms. The predicted molar refractivity (Wildman–Crippen MR) is 77.3 cm³/mol. The molecule has 2 aliphatic carbocycles. The lowest BCUT2D eigenvalue weighted by molar-refractivity contribution is -0.138. The van der Waals surface area contributed by atoms with Crippen LogP contribution >= 0.6 is 0 Å². The van der Waals surface area contributed by atoms with Gasteiger partial charge in [-0.15, -0.1) is 0 Å². The lowest BCUT2D eigenvalue weighted by Crippen LogP contribution is -2.41. The van der Waals surface area contributed by atoms with Crippen molar-refractivity contribution in [3.05, 3.63) is 29.8 Å². The molecule has 4 nitrogen and oxygen atoms in total. The summed E-state index contributed by atoms with van der Waals surface area (Å²) in [5.41, 5.74) is 6.62. The minimum Gasteiger partial charge on any atom is -0.496 e. The first-order valence-electron chi connectivity index (χ1n) is 7.33. The van der Waals surface area contributed by atoms with Crippen LogP contribution in [-0.2, 0) is 11.3 Å². The Hall–Kier alpha value is -1.55. The third kappa shape index (κ3) is 2.40. The number of nitrogens with zero attached hydrogens (tertiary/aromatic N) is 1. The molecule has 0 spiro atoms. The van der Waals surface area contributed by atoms with Crippen LogP contribution in [0.4, 0.5) is 0 Å². The van der Waals surface area contributed by atoms with Crippen LogP contribution in [0, 0.1) is 5.41 Å². The Labute approximate surface area is 119 Å². The van der Waals surface area contributed by atoms with Gasteiger partial charge in [-0.2, -0.15) is 0 Å². The average molecular weight is 274 g/mol. The van der Waals surface area contributed by atoms with E-state index < -0.39 is 0 Å². The summed E-state index contributed by atoms with van der Waals surface area (Å²) in [6, 6.07) is 8.32. The van der Waals surface area contributed by atoms with Gasteiger partial charge in [-0.3, -0.25) is 4.79 Å². The number of benzene rings is 1. The predicted octanol–water partition coefficient (Wildman–Crippen LogP) is 1.93. The van der Waals surface area contributed by atoms with Crippen LogP contribution in [0.25, 0.3) is 0 Å². The minimum atomic E-state index is -0.259. The molecule has 1 aromatic rings. The van der Waals surface area contributed by atoms with E-state index in [2.05, 4.69) is 0 Å². The Morgan fingerprint density at radius 3 is 2.65 bits per heavy atom. The Bertz CT molecular complexity index is 507. The molecule has 2 aliphatic rings. The summed E-state index contributed by atoms with van der Waals surface area (Å²) in [6.07, 6.45) is 4.11. The highest BCUT2D eigenvalue weighted by Gasteiger charge is 2.52. The first-order valence-corrected chi connectivity index (χ1v) is 7.33. The van der Waals surface area contributed by atoms with E-state index in [0.717, 1.165) is 37.0 Å². The molecule has 4 heteroatoms. The Balaban J connectivity index is 1.80. The molecule has 1 amide bonds. The van der Waals surface area contributed by atoms with Gasteiger partial charge in [0.1, 0.15) is 5.75 Å². The second kappa shape index (κ2) is 5.09. The lowest BCUT2D eigenvalue weighted by atomic mass is 10.0. The van der Waals surface area contributed by atoms with Crippen molar-refractivity contribution in [3.8, 4) is 5.75 Å². The van der Waals surface area contributed by atoms with E-state index in [1.165, 1.54) is 0 Å². The highest BCUT2D eigenvalue weighted by molar-refractivity contribution is 5.86. The van der Waals surface area contributed by atoms with Crippen molar-refractivity contribution in [2.75, 3.05) is 13.7 Å². The van der Waals surface area contributed by atoms with Gasteiger partial charge >= 0.3 is 0 Å². The Morgan fingerprint density at radius 1 is 1.40 bits per heavy atom. The van der Waals surface area contributed by atoms with E-state index in [0.29, 0.717) is 19.1 Å². The number of hydrogen-bond acceptors (Lipinski definition) is 3. The highest BCUT2D eigenvalue weighted by Crippen LogP contribution is 2.48. The summed E-state index contributed by atoms with van der Waals surface area (Å²) in [4.78, 5) is 14.8. The van der Waals surface area contributed by atoms with E-state index >= 15 is 0 Å². The van der Waals surface area contributed by atoms with Gasteiger partial charge in [0, 0.05) is 24.7 Å². The molecule has 2 N–H and O–H groups in total. The van der Waals surface area contributed by atoms with Gasteiger partial charge in [-0.25, -0.2) is 0 Å². The summed E-state index contributed by atoms with van der Waals surface area (Å²) in [5.74, 6) is 1.09. The molecule has 0 aliphatic heterocycles. The van der Waals surface area contributed by atoms with Crippen molar-refractivity contribution in [2.24, 2.45) is 11.1 Å². The van der Waals surface area contributed by atoms with Crippen LogP contribution < -0.4 is 10.5 Å². The van der Waals surface area contributed by atoms with Crippen molar-refractivity contribution in [3.63, 3.8) is 0 Å². The van der Waals surface area contributed by atoms with Crippen LogP contribution in [0.2, 0.25) is 0 Å². The third-order valence-corrected chi connectivity index (χ3v) is 4.48. The molecular formula is C16H22N2O2. The van der Waals surface area contributed by atoms with Crippen molar-refractivity contribution in [2.45, 2.75) is 38.3 Å². The maximum atomic E-state index is 12.7. The monoisotopic (exact) mass is 274 g/mol. The summed E-state index contributed by atoms with van der Waals surface area (Å²) < 4.78 is 5.39. The molecular weight excluding hydrogens is 252 g/mol. The van der Waals surface area contributed by atoms with E-state index in [1.54, 1.807) is 7.11 Å². The van der Waals surface area contributed by atoms with Gasteiger partial charge in [0.15, 0.2) is 0 Å². The summed E-state index contributed by atoms with van der Waals surface area (Å²) >= 11 is 0. The number of rotatable bonds is 6. The van der Waals surface area contributed by atoms with Crippen LogP contribution in [-0.4, -0.2) is 30.5 Å². The largest absolute Gasteiger partial charge is 0.496 e. The number of carbonyl (C=O) groups is 1. The van der Waals surface area contributed by atoms with Gasteiger partial charge < -0.3 is 15.4 Å². The number of para-hydroxylation sites is 1. The summed E-state index contributed by atoms with van der Waals surface area (Å²) in [7, 11) is 1.67. The molecule has 0 heterocycles. The molecule has 0 saturated heterocycles. The van der Waals surface area contributed by atoms with E-state index in [9.17, 15) is 4.79 Å². The van der Waals surface area contributed by atoms with Crippen LogP contribution in [0.15, 0.2) is 24.3 Å². The van der Waals surface area contributed by atoms with Crippen molar-refractivity contribution < 1.29 is 9.53 Å². The zero-order valence-electron chi connectivity index (χ0n) is 12.0. The molecule has 3 rings (SSSR count). The van der Waals surface area contributed by atoms with Crippen LogP contribution in [0.3, 0.4) is 0 Å². The molecule has 0 radical (unpaired) electrons. The topological polar surface area (TPSA) is 55.6 Å². The molecule has 0 atom stereocenters. The number of methoxy groups -OCH3 is 1. The van der Waals surface area contributed by atoms with Gasteiger partial charge in [-0.05, 0) is 31.7 Å². The van der Waals surface area contributed by atoms with Gasteiger partial charge in [0.25, 0.3) is 0 Å². The zero-order valence-corrected chi connectivity index (χ0v) is 12.0. The summed E-state index contributed by atoms with van der Waals surface area (Å²) in [5, 5.41) is 0. The van der Waals surface area contributed by atoms with E-state index in [4.69, 9.17) is 10.5 Å². The molecule has 2 fully saturated rings. The molecule has 0 aromatic heterocycles. The van der Waals surface area contributed by atoms with Gasteiger partial charge in [0.05, 0.1) is 12.5 Å². The average Bonchev–Trinajstić information content (AvgIpc) is 3.38. The standard InChI is InChI=1S/C16H22N2O2/c1-20-14-5-3-2-4-12(14)10-18(13-6-7-13)15(19)16(11-17)8-9-16/h2-5,13H,6-11,17H2,1H3.